The van der Waals surface area contributed by atoms with Crippen LogP contribution in [0.1, 0.15) is 29.9 Å². The van der Waals surface area contributed by atoms with E-state index in [4.69, 9.17) is 0 Å². The maximum absolute atomic E-state index is 10.1. The number of aliphatic hydroxyl groups is 1. The van der Waals surface area contributed by atoms with Gasteiger partial charge in [0.25, 0.3) is 0 Å². The second kappa shape index (κ2) is 3.32. The molecule has 0 spiro atoms. The molecule has 0 aromatic heterocycles. The minimum absolute atomic E-state index is 0.481. The molecule has 1 aliphatic heterocycles. The van der Waals surface area contributed by atoms with E-state index in [-0.39, 0.29) is 0 Å². The molecule has 2 fully saturated rings. The van der Waals surface area contributed by atoms with Crippen LogP contribution in [0.5, 0.6) is 0 Å². The van der Waals surface area contributed by atoms with Crippen LogP contribution in [0.25, 0.3) is 0 Å². The molecular weight excluding hydrogens is 186 g/mol. The lowest BCUT2D eigenvalue weighted by Crippen LogP contribution is -2.60. The van der Waals surface area contributed by atoms with Crippen molar-refractivity contribution in [2.75, 3.05) is 13.1 Å². The number of hydrogen-bond acceptors (Lipinski definition) is 2. The summed E-state index contributed by atoms with van der Waals surface area (Å²) in [4.78, 5) is 0. The summed E-state index contributed by atoms with van der Waals surface area (Å²) < 4.78 is 0. The number of β-amino-alcohol motifs (C(OH)–C–C–N with tert-alkyl or cyclic N) is 1. The fourth-order valence-electron chi connectivity index (χ4n) is 2.38. The molecule has 2 aliphatic rings. The largest absolute Gasteiger partial charge is 0.387 e. The molecular formula is C13H17NO. The van der Waals surface area contributed by atoms with Gasteiger partial charge in [-0.3, -0.25) is 0 Å². The molecule has 3 rings (SSSR count). The van der Waals surface area contributed by atoms with E-state index in [2.05, 4.69) is 29.6 Å². The van der Waals surface area contributed by atoms with Crippen LogP contribution in [0.3, 0.4) is 0 Å². The van der Waals surface area contributed by atoms with Gasteiger partial charge in [-0.15, -0.1) is 0 Å². The highest BCUT2D eigenvalue weighted by Crippen LogP contribution is 2.42. The van der Waals surface area contributed by atoms with Crippen molar-refractivity contribution in [3.8, 4) is 0 Å². The third kappa shape index (κ3) is 1.80. The van der Waals surface area contributed by atoms with Crippen molar-refractivity contribution < 1.29 is 5.11 Å². The van der Waals surface area contributed by atoms with Crippen LogP contribution in [-0.4, -0.2) is 23.8 Å². The van der Waals surface area contributed by atoms with Gasteiger partial charge in [0.15, 0.2) is 0 Å². The van der Waals surface area contributed by atoms with Crippen LogP contribution in [0.15, 0.2) is 24.3 Å². The third-order valence-electron chi connectivity index (χ3n) is 3.50. The molecule has 2 N–H and O–H groups in total. The van der Waals surface area contributed by atoms with Crippen LogP contribution in [0, 0.1) is 0 Å². The predicted molar refractivity (Wildman–Crippen MR) is 59.9 cm³/mol. The maximum atomic E-state index is 10.1. The first-order valence-corrected chi connectivity index (χ1v) is 5.78. The monoisotopic (exact) mass is 203 g/mol. The number of hydrogen-bond donors (Lipinski definition) is 2. The molecule has 0 unspecified atom stereocenters. The zero-order valence-corrected chi connectivity index (χ0v) is 8.87. The molecule has 1 heterocycles. The Morgan fingerprint density at radius 3 is 2.60 bits per heavy atom. The summed E-state index contributed by atoms with van der Waals surface area (Å²) in [5.41, 5.74) is 2.34. The predicted octanol–water partition coefficient (Wildman–Crippen LogP) is 1.44. The minimum Gasteiger partial charge on any atom is -0.387 e. The number of benzene rings is 1. The van der Waals surface area contributed by atoms with Crippen LogP contribution in [-0.2, 0) is 6.42 Å². The lowest BCUT2D eigenvalue weighted by atomic mass is 9.86. The topological polar surface area (TPSA) is 32.3 Å². The summed E-state index contributed by atoms with van der Waals surface area (Å²) in [5.74, 6) is 0.776. The van der Waals surface area contributed by atoms with E-state index in [1.807, 2.05) is 0 Å². The summed E-state index contributed by atoms with van der Waals surface area (Å²) in [5, 5.41) is 13.3. The van der Waals surface area contributed by atoms with Crippen LogP contribution in [0.4, 0.5) is 0 Å². The van der Waals surface area contributed by atoms with Gasteiger partial charge in [-0.25, -0.2) is 0 Å². The van der Waals surface area contributed by atoms with E-state index in [0.717, 1.165) is 25.4 Å². The SMILES string of the molecule is OC1(Cc2ccccc2C2CC2)CNC1. The van der Waals surface area contributed by atoms with Gasteiger partial charge in [-0.1, -0.05) is 24.3 Å². The highest BCUT2D eigenvalue weighted by molar-refractivity contribution is 5.34. The molecule has 0 amide bonds. The first kappa shape index (κ1) is 9.37. The van der Waals surface area contributed by atoms with Crippen molar-refractivity contribution in [3.63, 3.8) is 0 Å². The van der Waals surface area contributed by atoms with Crippen molar-refractivity contribution in [1.82, 2.24) is 5.32 Å². The Morgan fingerprint density at radius 1 is 1.27 bits per heavy atom. The van der Waals surface area contributed by atoms with E-state index >= 15 is 0 Å². The zero-order chi connectivity index (χ0) is 10.3. The maximum Gasteiger partial charge on any atom is 0.0935 e. The lowest BCUT2D eigenvalue weighted by molar-refractivity contribution is -0.00918. The summed E-state index contributed by atoms with van der Waals surface area (Å²) in [7, 11) is 0. The number of nitrogens with one attached hydrogen (secondary N) is 1. The second-order valence-corrected chi connectivity index (χ2v) is 4.98. The smallest absolute Gasteiger partial charge is 0.0935 e. The normalized spacial score (nSPS) is 23.5. The van der Waals surface area contributed by atoms with E-state index < -0.39 is 5.60 Å². The number of rotatable bonds is 3. The first-order chi connectivity index (χ1) is 7.27. The quantitative estimate of drug-likeness (QED) is 0.779. The molecule has 0 radical (unpaired) electrons. The van der Waals surface area contributed by atoms with Crippen LogP contribution < -0.4 is 5.32 Å². The Kier molecular flexibility index (Phi) is 2.08. The minimum atomic E-state index is -0.481. The summed E-state index contributed by atoms with van der Waals surface area (Å²) in [6.07, 6.45) is 3.47. The van der Waals surface area contributed by atoms with Gasteiger partial charge in [0.2, 0.25) is 0 Å². The lowest BCUT2D eigenvalue weighted by Gasteiger charge is -2.38. The van der Waals surface area contributed by atoms with Crippen molar-refractivity contribution in [2.45, 2.75) is 30.8 Å². The fraction of sp³-hybridized carbons (Fsp3) is 0.538. The molecule has 2 nitrogen and oxygen atoms in total. The van der Waals surface area contributed by atoms with Crippen molar-refractivity contribution in [2.24, 2.45) is 0 Å². The molecule has 80 valence electrons. The van der Waals surface area contributed by atoms with Gasteiger partial charge in [0.05, 0.1) is 5.60 Å². The Hall–Kier alpha value is -0.860. The van der Waals surface area contributed by atoms with Gasteiger partial charge in [0.1, 0.15) is 0 Å². The molecule has 1 aliphatic carbocycles. The molecule has 15 heavy (non-hydrogen) atoms. The van der Waals surface area contributed by atoms with Gasteiger partial charge in [0, 0.05) is 19.5 Å². The average molecular weight is 203 g/mol. The molecule has 1 aromatic rings. The van der Waals surface area contributed by atoms with Crippen LogP contribution >= 0.6 is 0 Å². The highest BCUT2D eigenvalue weighted by atomic mass is 16.3. The van der Waals surface area contributed by atoms with Gasteiger partial charge in [-0.05, 0) is 29.9 Å². The zero-order valence-electron chi connectivity index (χ0n) is 8.87. The standard InChI is InChI=1S/C13H17NO/c15-13(8-14-9-13)7-11-3-1-2-4-12(11)10-5-6-10/h1-4,10,14-15H,5-9H2. The highest BCUT2D eigenvalue weighted by Gasteiger charge is 2.36. The van der Waals surface area contributed by atoms with Crippen molar-refractivity contribution in [3.05, 3.63) is 35.4 Å². The average Bonchev–Trinajstić information content (AvgIpc) is 3.00. The first-order valence-electron chi connectivity index (χ1n) is 5.78. The Balaban J connectivity index is 1.83. The van der Waals surface area contributed by atoms with Gasteiger partial charge in [-0.2, -0.15) is 0 Å². The second-order valence-electron chi connectivity index (χ2n) is 4.98. The molecule has 0 atom stereocenters. The van der Waals surface area contributed by atoms with E-state index in [0.29, 0.717) is 0 Å². The fourth-order valence-corrected chi connectivity index (χ4v) is 2.38. The van der Waals surface area contributed by atoms with Gasteiger partial charge < -0.3 is 10.4 Å². The Morgan fingerprint density at radius 2 is 2.00 bits per heavy atom. The van der Waals surface area contributed by atoms with Crippen molar-refractivity contribution in [1.29, 1.82) is 0 Å². The van der Waals surface area contributed by atoms with E-state index in [9.17, 15) is 5.11 Å². The molecule has 2 heteroatoms. The molecule has 1 saturated carbocycles. The molecule has 1 aromatic carbocycles. The van der Waals surface area contributed by atoms with Crippen molar-refractivity contribution >= 4 is 0 Å². The molecule has 1 saturated heterocycles. The summed E-state index contributed by atoms with van der Waals surface area (Å²) >= 11 is 0. The Bertz CT molecular complexity index is 367. The van der Waals surface area contributed by atoms with E-state index in [1.165, 1.54) is 24.0 Å². The third-order valence-corrected chi connectivity index (χ3v) is 3.50. The summed E-state index contributed by atoms with van der Waals surface area (Å²) in [6, 6.07) is 8.59. The summed E-state index contributed by atoms with van der Waals surface area (Å²) in [6.45, 7) is 1.48. The Labute approximate surface area is 90.3 Å². The van der Waals surface area contributed by atoms with Gasteiger partial charge >= 0.3 is 0 Å². The van der Waals surface area contributed by atoms with Crippen LogP contribution in [0.2, 0.25) is 0 Å². The van der Waals surface area contributed by atoms with E-state index in [1.54, 1.807) is 0 Å². The molecule has 0 bridgehead atoms.